The van der Waals surface area contributed by atoms with Gasteiger partial charge in [-0.25, -0.2) is 4.79 Å². The second kappa shape index (κ2) is 6.63. The number of aliphatic carboxylic acids is 1. The summed E-state index contributed by atoms with van der Waals surface area (Å²) in [6.07, 6.45) is 2.73. The van der Waals surface area contributed by atoms with Crippen LogP contribution in [0.4, 0.5) is 0 Å². The number of carboxylic acid groups (broad SMARTS) is 1. The minimum absolute atomic E-state index is 0.110. The van der Waals surface area contributed by atoms with Crippen molar-refractivity contribution in [2.45, 2.75) is 25.8 Å². The van der Waals surface area contributed by atoms with Crippen LogP contribution in [-0.4, -0.2) is 29.6 Å². The maximum absolute atomic E-state index is 12.1. The first-order valence-corrected chi connectivity index (χ1v) is 7.05. The molecular formula is C15H16ClNO4. The molecule has 0 spiro atoms. The lowest BCUT2D eigenvalue weighted by atomic mass is 10.1. The second-order valence-corrected chi connectivity index (χ2v) is 5.23. The molecule has 1 heterocycles. The first-order valence-electron chi connectivity index (χ1n) is 6.68. The molecule has 112 valence electrons. The Morgan fingerprint density at radius 2 is 2.24 bits per heavy atom. The number of hydrogen-bond donors (Lipinski definition) is 2. The molecule has 2 N–H and O–H groups in total. The van der Waals surface area contributed by atoms with Gasteiger partial charge in [0.1, 0.15) is 18.4 Å². The minimum atomic E-state index is -1.04. The van der Waals surface area contributed by atoms with Crippen molar-refractivity contribution in [1.82, 2.24) is 5.32 Å². The Balaban J connectivity index is 2.15. The fourth-order valence-electron chi connectivity index (χ4n) is 2.08. The van der Waals surface area contributed by atoms with Gasteiger partial charge in [0.05, 0.1) is 5.57 Å². The SMILES string of the molecule is CCCC(NC(=O)C1=Cc2cc(Cl)ccc2OC1)C(=O)O. The van der Waals surface area contributed by atoms with Crippen LogP contribution in [0.1, 0.15) is 25.3 Å². The van der Waals surface area contributed by atoms with E-state index in [2.05, 4.69) is 5.32 Å². The molecule has 0 aliphatic carbocycles. The van der Waals surface area contributed by atoms with Gasteiger partial charge in [-0.2, -0.15) is 0 Å². The molecule has 1 aromatic rings. The summed E-state index contributed by atoms with van der Waals surface area (Å²) in [6.45, 7) is 1.97. The van der Waals surface area contributed by atoms with Crippen molar-refractivity contribution in [3.05, 3.63) is 34.4 Å². The number of carbonyl (C=O) groups is 2. The highest BCUT2D eigenvalue weighted by Crippen LogP contribution is 2.29. The molecule has 0 fully saturated rings. The minimum Gasteiger partial charge on any atom is -0.488 e. The fourth-order valence-corrected chi connectivity index (χ4v) is 2.26. The van der Waals surface area contributed by atoms with Crippen molar-refractivity contribution in [3.8, 4) is 5.75 Å². The van der Waals surface area contributed by atoms with Gasteiger partial charge in [0.2, 0.25) is 0 Å². The molecule has 1 aliphatic rings. The lowest BCUT2D eigenvalue weighted by Gasteiger charge is -2.19. The van der Waals surface area contributed by atoms with Crippen LogP contribution in [0, 0.1) is 0 Å². The van der Waals surface area contributed by atoms with E-state index in [0.717, 1.165) is 0 Å². The maximum atomic E-state index is 12.1. The molecule has 1 amide bonds. The fraction of sp³-hybridized carbons (Fsp3) is 0.333. The zero-order valence-electron chi connectivity index (χ0n) is 11.6. The average molecular weight is 310 g/mol. The summed E-state index contributed by atoms with van der Waals surface area (Å²) in [4.78, 5) is 23.2. The van der Waals surface area contributed by atoms with E-state index in [-0.39, 0.29) is 6.61 Å². The third kappa shape index (κ3) is 3.76. The molecule has 1 aromatic carbocycles. The van der Waals surface area contributed by atoms with Crippen molar-refractivity contribution >= 4 is 29.6 Å². The number of ether oxygens (including phenoxy) is 1. The van der Waals surface area contributed by atoms with Crippen LogP contribution in [0.3, 0.4) is 0 Å². The number of amides is 1. The number of carboxylic acids is 1. The third-order valence-corrected chi connectivity index (χ3v) is 3.39. The molecule has 1 aliphatic heterocycles. The molecule has 0 aromatic heterocycles. The zero-order chi connectivity index (χ0) is 15.4. The summed E-state index contributed by atoms with van der Waals surface area (Å²) < 4.78 is 5.48. The van der Waals surface area contributed by atoms with E-state index < -0.39 is 17.9 Å². The van der Waals surface area contributed by atoms with Gasteiger partial charge in [0.25, 0.3) is 5.91 Å². The van der Waals surface area contributed by atoms with Gasteiger partial charge in [0.15, 0.2) is 0 Å². The molecule has 2 rings (SSSR count). The highest BCUT2D eigenvalue weighted by atomic mass is 35.5. The van der Waals surface area contributed by atoms with Crippen LogP contribution in [0.25, 0.3) is 6.08 Å². The van der Waals surface area contributed by atoms with Crippen LogP contribution in [0.15, 0.2) is 23.8 Å². The van der Waals surface area contributed by atoms with Gasteiger partial charge in [-0.3, -0.25) is 4.79 Å². The summed E-state index contributed by atoms with van der Waals surface area (Å²) in [5, 5.41) is 12.1. The molecule has 21 heavy (non-hydrogen) atoms. The number of carbonyl (C=O) groups excluding carboxylic acids is 1. The Hall–Kier alpha value is -2.01. The smallest absolute Gasteiger partial charge is 0.326 e. The molecule has 1 unspecified atom stereocenters. The second-order valence-electron chi connectivity index (χ2n) is 4.79. The predicted molar refractivity (Wildman–Crippen MR) is 79.4 cm³/mol. The molecule has 6 heteroatoms. The number of rotatable bonds is 5. The van der Waals surface area contributed by atoms with E-state index in [1.807, 2.05) is 6.92 Å². The van der Waals surface area contributed by atoms with Crippen molar-refractivity contribution in [3.63, 3.8) is 0 Å². The van der Waals surface area contributed by atoms with Crippen molar-refractivity contribution in [2.75, 3.05) is 6.61 Å². The predicted octanol–water partition coefficient (Wildman–Crippen LogP) is 2.49. The van der Waals surface area contributed by atoms with E-state index in [1.54, 1.807) is 24.3 Å². The number of halogens is 1. The zero-order valence-corrected chi connectivity index (χ0v) is 12.3. The highest BCUT2D eigenvalue weighted by molar-refractivity contribution is 6.30. The summed E-state index contributed by atoms with van der Waals surface area (Å²) in [7, 11) is 0. The maximum Gasteiger partial charge on any atom is 0.326 e. The van der Waals surface area contributed by atoms with E-state index in [4.69, 9.17) is 21.4 Å². The summed E-state index contributed by atoms with van der Waals surface area (Å²) >= 11 is 5.91. The number of fused-ring (bicyclic) bond motifs is 1. The Labute approximate surface area is 127 Å². The van der Waals surface area contributed by atoms with Crippen LogP contribution >= 0.6 is 11.6 Å². The number of hydrogen-bond acceptors (Lipinski definition) is 3. The van der Waals surface area contributed by atoms with Gasteiger partial charge in [-0.15, -0.1) is 0 Å². The monoisotopic (exact) mass is 309 g/mol. The number of benzene rings is 1. The van der Waals surface area contributed by atoms with E-state index in [1.165, 1.54) is 0 Å². The summed E-state index contributed by atoms with van der Waals surface area (Å²) in [5.41, 5.74) is 1.09. The summed E-state index contributed by atoms with van der Waals surface area (Å²) in [6, 6.07) is 4.26. The first-order chi connectivity index (χ1) is 10.0. The number of nitrogens with one attached hydrogen (secondary N) is 1. The van der Waals surface area contributed by atoms with E-state index in [0.29, 0.717) is 34.8 Å². The Morgan fingerprint density at radius 3 is 2.90 bits per heavy atom. The molecular weight excluding hydrogens is 294 g/mol. The Bertz CT molecular complexity index is 597. The van der Waals surface area contributed by atoms with Gasteiger partial charge < -0.3 is 15.2 Å². The van der Waals surface area contributed by atoms with Crippen molar-refractivity contribution in [1.29, 1.82) is 0 Å². The van der Waals surface area contributed by atoms with E-state index in [9.17, 15) is 9.59 Å². The summed E-state index contributed by atoms with van der Waals surface area (Å²) in [5.74, 6) is -0.813. The average Bonchev–Trinajstić information content (AvgIpc) is 2.45. The molecule has 0 radical (unpaired) electrons. The highest BCUT2D eigenvalue weighted by Gasteiger charge is 2.23. The lowest BCUT2D eigenvalue weighted by Crippen LogP contribution is -2.42. The largest absolute Gasteiger partial charge is 0.488 e. The molecule has 0 bridgehead atoms. The van der Waals surface area contributed by atoms with Crippen LogP contribution in [0.2, 0.25) is 5.02 Å². The van der Waals surface area contributed by atoms with Crippen molar-refractivity contribution in [2.24, 2.45) is 0 Å². The molecule has 1 atom stereocenters. The van der Waals surface area contributed by atoms with Crippen LogP contribution < -0.4 is 10.1 Å². The normalized spacial score (nSPS) is 14.5. The quantitative estimate of drug-likeness (QED) is 0.876. The Morgan fingerprint density at radius 1 is 1.48 bits per heavy atom. The van der Waals surface area contributed by atoms with Crippen LogP contribution in [0.5, 0.6) is 5.75 Å². The molecule has 0 saturated carbocycles. The Kier molecular flexibility index (Phi) is 4.85. The van der Waals surface area contributed by atoms with Gasteiger partial charge in [-0.05, 0) is 30.7 Å². The van der Waals surface area contributed by atoms with Gasteiger partial charge in [0, 0.05) is 10.6 Å². The van der Waals surface area contributed by atoms with Gasteiger partial charge in [-0.1, -0.05) is 24.9 Å². The molecule has 0 saturated heterocycles. The standard InChI is InChI=1S/C15H16ClNO4/c1-2-3-12(15(19)20)17-14(18)10-6-9-7-11(16)4-5-13(9)21-8-10/h4-7,12H,2-3,8H2,1H3,(H,17,18)(H,19,20). The topological polar surface area (TPSA) is 75.6 Å². The lowest BCUT2D eigenvalue weighted by molar-refractivity contribution is -0.141. The van der Waals surface area contributed by atoms with E-state index >= 15 is 0 Å². The molecule has 5 nitrogen and oxygen atoms in total. The van der Waals surface area contributed by atoms with Crippen molar-refractivity contribution < 1.29 is 19.4 Å². The van der Waals surface area contributed by atoms with Crippen LogP contribution in [-0.2, 0) is 9.59 Å². The third-order valence-electron chi connectivity index (χ3n) is 3.16. The first kappa shape index (κ1) is 15.4. The van der Waals surface area contributed by atoms with Gasteiger partial charge >= 0.3 is 5.97 Å².